The summed E-state index contributed by atoms with van der Waals surface area (Å²) >= 11 is 0. The molecule has 0 bridgehead atoms. The lowest BCUT2D eigenvalue weighted by molar-refractivity contribution is -0.142. The van der Waals surface area contributed by atoms with Crippen LogP contribution in [0.4, 0.5) is 0 Å². The molecule has 0 spiro atoms. The molecule has 0 aliphatic carbocycles. The van der Waals surface area contributed by atoms with Gasteiger partial charge in [0.2, 0.25) is 0 Å². The second kappa shape index (κ2) is 3.71. The summed E-state index contributed by atoms with van der Waals surface area (Å²) < 4.78 is 9.99. The van der Waals surface area contributed by atoms with E-state index >= 15 is 0 Å². The van der Waals surface area contributed by atoms with Crippen LogP contribution in [0.25, 0.3) is 0 Å². The van der Waals surface area contributed by atoms with Gasteiger partial charge >= 0.3 is 5.97 Å². The maximum atomic E-state index is 11.3. The van der Waals surface area contributed by atoms with Crippen LogP contribution in [0.15, 0.2) is 24.1 Å². The predicted octanol–water partition coefficient (Wildman–Crippen LogP) is 0.249. The Hall–Kier alpha value is -1.49. The van der Waals surface area contributed by atoms with E-state index in [1.54, 1.807) is 25.3 Å². The highest BCUT2D eigenvalue weighted by Gasteiger charge is 2.30. The van der Waals surface area contributed by atoms with Gasteiger partial charge in [-0.25, -0.2) is 4.79 Å². The first-order chi connectivity index (χ1) is 6.81. The maximum Gasteiger partial charge on any atom is 0.356 e. The minimum absolute atomic E-state index is 0.159. The summed E-state index contributed by atoms with van der Waals surface area (Å²) in [6, 6.07) is 0. The standard InChI is InChI=1S/C9H11NO4/c1-2-12-9(11)6-5-8-7(14-10-6)3-4-13-8/h3-5,7-8,10H,2H2,1H3. The molecule has 76 valence electrons. The molecular weight excluding hydrogens is 186 g/mol. The van der Waals surface area contributed by atoms with Crippen molar-refractivity contribution in [1.82, 2.24) is 5.48 Å². The first kappa shape index (κ1) is 9.08. The Morgan fingerprint density at radius 2 is 2.50 bits per heavy atom. The number of carbonyl (C=O) groups is 1. The van der Waals surface area contributed by atoms with Crippen molar-refractivity contribution in [3.8, 4) is 0 Å². The van der Waals surface area contributed by atoms with E-state index in [0.717, 1.165) is 0 Å². The number of hydrogen-bond acceptors (Lipinski definition) is 5. The van der Waals surface area contributed by atoms with Gasteiger partial charge in [0.25, 0.3) is 0 Å². The molecule has 0 aromatic carbocycles. The third-order valence-corrected chi connectivity index (χ3v) is 1.96. The summed E-state index contributed by atoms with van der Waals surface area (Å²) in [5.74, 6) is -0.429. The molecule has 2 heterocycles. The minimum Gasteiger partial charge on any atom is -0.491 e. The lowest BCUT2D eigenvalue weighted by atomic mass is 10.2. The molecule has 14 heavy (non-hydrogen) atoms. The molecule has 2 aliphatic rings. The SMILES string of the molecule is CCOC(=O)C1=CC2OC=CC2ON1. The Kier molecular flexibility index (Phi) is 2.41. The van der Waals surface area contributed by atoms with E-state index in [1.807, 2.05) is 0 Å². The Morgan fingerprint density at radius 3 is 3.29 bits per heavy atom. The van der Waals surface area contributed by atoms with E-state index in [4.69, 9.17) is 14.3 Å². The average Bonchev–Trinajstić information content (AvgIpc) is 2.64. The number of fused-ring (bicyclic) bond motifs is 1. The number of carbonyl (C=O) groups excluding carboxylic acids is 1. The molecule has 5 nitrogen and oxygen atoms in total. The lowest BCUT2D eigenvalue weighted by Gasteiger charge is -2.23. The molecule has 2 rings (SSSR count). The van der Waals surface area contributed by atoms with E-state index in [-0.39, 0.29) is 17.9 Å². The summed E-state index contributed by atoms with van der Waals surface area (Å²) in [5, 5.41) is 0. The molecule has 2 atom stereocenters. The number of rotatable bonds is 2. The number of hydrogen-bond donors (Lipinski definition) is 1. The van der Waals surface area contributed by atoms with Gasteiger partial charge in [0, 0.05) is 0 Å². The third-order valence-electron chi connectivity index (χ3n) is 1.96. The van der Waals surface area contributed by atoms with Crippen LogP contribution in [0.2, 0.25) is 0 Å². The van der Waals surface area contributed by atoms with E-state index in [9.17, 15) is 4.79 Å². The Balaban J connectivity index is 2.04. The number of nitrogens with one attached hydrogen (secondary N) is 1. The summed E-state index contributed by atoms with van der Waals surface area (Å²) in [5.41, 5.74) is 2.82. The van der Waals surface area contributed by atoms with Crippen molar-refractivity contribution in [1.29, 1.82) is 0 Å². The van der Waals surface area contributed by atoms with Gasteiger partial charge < -0.3 is 9.47 Å². The zero-order chi connectivity index (χ0) is 9.97. The number of ether oxygens (including phenoxy) is 2. The first-order valence-electron chi connectivity index (χ1n) is 4.44. The van der Waals surface area contributed by atoms with Crippen LogP contribution in [-0.4, -0.2) is 24.8 Å². The van der Waals surface area contributed by atoms with Gasteiger partial charge in [-0.15, -0.1) is 0 Å². The Labute approximate surface area is 81.3 Å². The molecule has 0 saturated carbocycles. The number of hydroxylamine groups is 1. The van der Waals surface area contributed by atoms with Crippen molar-refractivity contribution in [3.05, 3.63) is 24.1 Å². The van der Waals surface area contributed by atoms with Crippen LogP contribution in [0, 0.1) is 0 Å². The fraction of sp³-hybridized carbons (Fsp3) is 0.444. The van der Waals surface area contributed by atoms with Crippen LogP contribution in [-0.2, 0) is 19.1 Å². The predicted molar refractivity (Wildman–Crippen MR) is 46.7 cm³/mol. The lowest BCUT2D eigenvalue weighted by Crippen LogP contribution is -2.38. The van der Waals surface area contributed by atoms with Crippen LogP contribution in [0.3, 0.4) is 0 Å². The summed E-state index contributed by atoms with van der Waals surface area (Å²) in [4.78, 5) is 16.4. The van der Waals surface area contributed by atoms with Gasteiger partial charge in [-0.05, 0) is 19.1 Å². The molecule has 0 fully saturated rings. The van der Waals surface area contributed by atoms with Crippen LogP contribution in [0.1, 0.15) is 6.92 Å². The molecule has 2 aliphatic heterocycles. The van der Waals surface area contributed by atoms with Crippen molar-refractivity contribution < 1.29 is 19.1 Å². The summed E-state index contributed by atoms with van der Waals surface area (Å²) in [7, 11) is 0. The third kappa shape index (κ3) is 1.58. The van der Waals surface area contributed by atoms with Gasteiger partial charge in [-0.1, -0.05) is 0 Å². The van der Waals surface area contributed by atoms with Gasteiger partial charge in [-0.2, -0.15) is 0 Å². The normalized spacial score (nSPS) is 28.5. The molecular formula is C9H11NO4. The molecule has 0 amide bonds. The molecule has 0 aromatic rings. The van der Waals surface area contributed by atoms with Crippen molar-refractivity contribution in [3.63, 3.8) is 0 Å². The molecule has 0 aromatic heterocycles. The second-order valence-electron chi connectivity index (χ2n) is 2.91. The van der Waals surface area contributed by atoms with Gasteiger partial charge in [0.1, 0.15) is 11.8 Å². The smallest absolute Gasteiger partial charge is 0.356 e. The fourth-order valence-electron chi connectivity index (χ4n) is 1.29. The minimum atomic E-state index is -0.429. The van der Waals surface area contributed by atoms with Gasteiger partial charge in [-0.3, -0.25) is 10.3 Å². The van der Waals surface area contributed by atoms with Gasteiger partial charge in [0.05, 0.1) is 12.9 Å². The van der Waals surface area contributed by atoms with E-state index < -0.39 is 5.97 Å². The van der Waals surface area contributed by atoms with Crippen LogP contribution in [0.5, 0.6) is 0 Å². The highest BCUT2D eigenvalue weighted by molar-refractivity contribution is 5.87. The zero-order valence-electron chi connectivity index (χ0n) is 7.73. The number of esters is 1. The highest BCUT2D eigenvalue weighted by Crippen LogP contribution is 2.19. The van der Waals surface area contributed by atoms with Crippen LogP contribution < -0.4 is 5.48 Å². The van der Waals surface area contributed by atoms with E-state index in [0.29, 0.717) is 6.61 Å². The second-order valence-corrected chi connectivity index (χ2v) is 2.91. The average molecular weight is 197 g/mol. The fourth-order valence-corrected chi connectivity index (χ4v) is 1.29. The topological polar surface area (TPSA) is 56.8 Å². The Morgan fingerprint density at radius 1 is 1.64 bits per heavy atom. The molecule has 2 unspecified atom stereocenters. The maximum absolute atomic E-state index is 11.3. The van der Waals surface area contributed by atoms with E-state index in [1.165, 1.54) is 0 Å². The van der Waals surface area contributed by atoms with Crippen molar-refractivity contribution in [2.45, 2.75) is 19.1 Å². The largest absolute Gasteiger partial charge is 0.491 e. The van der Waals surface area contributed by atoms with Crippen molar-refractivity contribution in [2.75, 3.05) is 6.61 Å². The Bertz CT molecular complexity index is 297. The van der Waals surface area contributed by atoms with Crippen molar-refractivity contribution >= 4 is 5.97 Å². The molecule has 1 N–H and O–H groups in total. The molecule has 0 radical (unpaired) electrons. The molecule has 0 saturated heterocycles. The monoisotopic (exact) mass is 197 g/mol. The highest BCUT2D eigenvalue weighted by atomic mass is 16.7. The zero-order valence-corrected chi connectivity index (χ0v) is 7.73. The molecule has 5 heteroatoms. The summed E-state index contributed by atoms with van der Waals surface area (Å²) in [6.45, 7) is 2.09. The van der Waals surface area contributed by atoms with Crippen molar-refractivity contribution in [2.24, 2.45) is 0 Å². The van der Waals surface area contributed by atoms with Gasteiger partial charge in [0.15, 0.2) is 6.10 Å². The quantitative estimate of drug-likeness (QED) is 0.643. The first-order valence-corrected chi connectivity index (χ1v) is 4.44. The van der Waals surface area contributed by atoms with Crippen LogP contribution >= 0.6 is 0 Å². The van der Waals surface area contributed by atoms with E-state index in [2.05, 4.69) is 5.48 Å². The summed E-state index contributed by atoms with van der Waals surface area (Å²) in [6.07, 6.45) is 4.60.